The van der Waals surface area contributed by atoms with Crippen LogP contribution >= 0.6 is 0 Å². The van der Waals surface area contributed by atoms with Crippen molar-refractivity contribution in [3.63, 3.8) is 0 Å². The van der Waals surface area contributed by atoms with Crippen molar-refractivity contribution in [3.05, 3.63) is 65.2 Å². The Bertz CT molecular complexity index is 897. The summed E-state index contributed by atoms with van der Waals surface area (Å²) < 4.78 is 5.38. The molecule has 0 aliphatic rings. The number of hydrazone groups is 1. The molecule has 0 saturated carbocycles. The van der Waals surface area contributed by atoms with Gasteiger partial charge in [-0.3, -0.25) is 9.78 Å². The molecule has 0 fully saturated rings. The Morgan fingerprint density at radius 3 is 2.88 bits per heavy atom. The summed E-state index contributed by atoms with van der Waals surface area (Å²) in [4.78, 5) is 17.1. The van der Waals surface area contributed by atoms with Gasteiger partial charge in [0.2, 0.25) is 0 Å². The van der Waals surface area contributed by atoms with Crippen LogP contribution in [-0.4, -0.2) is 17.1 Å². The zero-order chi connectivity index (χ0) is 16.9. The molecule has 3 aromatic rings. The highest BCUT2D eigenvalue weighted by Gasteiger charge is 2.12. The fourth-order valence-corrected chi connectivity index (χ4v) is 2.54. The number of nitrogens with one attached hydrogen (secondary N) is 1. The lowest BCUT2D eigenvalue weighted by molar-refractivity contribution is 0.0956. The molecule has 2 heterocycles. The number of amides is 1. The molecule has 0 aliphatic carbocycles. The number of fused-ring (bicyclic) bond motifs is 1. The molecule has 122 valence electrons. The molecule has 0 radical (unpaired) electrons. The summed E-state index contributed by atoms with van der Waals surface area (Å²) in [5.74, 6) is 1.14. The van der Waals surface area contributed by atoms with Gasteiger partial charge in [0.05, 0.1) is 17.3 Å². The molecule has 24 heavy (non-hydrogen) atoms. The van der Waals surface area contributed by atoms with E-state index in [0.717, 1.165) is 35.2 Å². The van der Waals surface area contributed by atoms with Crippen molar-refractivity contribution in [2.45, 2.75) is 26.7 Å². The van der Waals surface area contributed by atoms with E-state index in [1.807, 2.05) is 43.3 Å². The first kappa shape index (κ1) is 15.9. The first-order valence-corrected chi connectivity index (χ1v) is 7.96. The molecule has 1 aromatic carbocycles. The summed E-state index contributed by atoms with van der Waals surface area (Å²) in [7, 11) is 0. The van der Waals surface area contributed by atoms with Gasteiger partial charge in [-0.05, 0) is 37.6 Å². The van der Waals surface area contributed by atoms with Crippen molar-refractivity contribution < 1.29 is 9.21 Å². The van der Waals surface area contributed by atoms with Gasteiger partial charge in [0.1, 0.15) is 11.5 Å². The predicted molar refractivity (Wildman–Crippen MR) is 94.2 cm³/mol. The van der Waals surface area contributed by atoms with E-state index in [9.17, 15) is 4.79 Å². The maximum absolute atomic E-state index is 12.5. The van der Waals surface area contributed by atoms with Gasteiger partial charge in [-0.25, -0.2) is 5.43 Å². The fourth-order valence-electron chi connectivity index (χ4n) is 2.54. The Kier molecular flexibility index (Phi) is 4.70. The summed E-state index contributed by atoms with van der Waals surface area (Å²) in [6, 6.07) is 13.1. The van der Waals surface area contributed by atoms with Gasteiger partial charge < -0.3 is 4.42 Å². The van der Waals surface area contributed by atoms with Gasteiger partial charge in [-0.2, -0.15) is 5.10 Å². The Labute approximate surface area is 140 Å². The molecule has 0 unspecified atom stereocenters. The standard InChI is InChI=1S/C19H19N3O2/c1-3-6-14-11-17(16-7-4-5-8-18(16)21-14)19(23)22-20-12-15-10-9-13(2)24-15/h4-5,7-12H,3,6H2,1-2H3,(H,22,23). The number of carbonyl (C=O) groups excluding carboxylic acids is 1. The highest BCUT2D eigenvalue weighted by atomic mass is 16.3. The van der Waals surface area contributed by atoms with Gasteiger partial charge in [-0.1, -0.05) is 31.5 Å². The third-order valence-electron chi connectivity index (χ3n) is 3.64. The minimum atomic E-state index is -0.259. The van der Waals surface area contributed by atoms with Crippen molar-refractivity contribution >= 4 is 23.0 Å². The summed E-state index contributed by atoms with van der Waals surface area (Å²) in [5, 5.41) is 4.79. The predicted octanol–water partition coefficient (Wildman–Crippen LogP) is 3.85. The minimum Gasteiger partial charge on any atom is -0.460 e. The molecule has 3 rings (SSSR count). The molecule has 0 bridgehead atoms. The van der Waals surface area contributed by atoms with E-state index in [2.05, 4.69) is 22.4 Å². The van der Waals surface area contributed by atoms with Gasteiger partial charge in [0.25, 0.3) is 5.91 Å². The molecule has 0 aliphatic heterocycles. The average molecular weight is 321 g/mol. The number of furan rings is 1. The SMILES string of the molecule is CCCc1cc(C(=O)NN=Cc2ccc(C)o2)c2ccccc2n1. The van der Waals surface area contributed by atoms with E-state index in [-0.39, 0.29) is 5.91 Å². The number of benzene rings is 1. The van der Waals surface area contributed by atoms with Crippen LogP contribution in [0.5, 0.6) is 0 Å². The second-order valence-corrected chi connectivity index (χ2v) is 5.58. The summed E-state index contributed by atoms with van der Waals surface area (Å²) in [6.45, 7) is 3.94. The van der Waals surface area contributed by atoms with Crippen molar-refractivity contribution in [3.8, 4) is 0 Å². The molecule has 5 nitrogen and oxygen atoms in total. The lowest BCUT2D eigenvalue weighted by atomic mass is 10.1. The Morgan fingerprint density at radius 1 is 1.29 bits per heavy atom. The highest BCUT2D eigenvalue weighted by molar-refractivity contribution is 6.06. The first-order chi connectivity index (χ1) is 11.7. The lowest BCUT2D eigenvalue weighted by Gasteiger charge is -2.08. The average Bonchev–Trinajstić information content (AvgIpc) is 2.99. The third kappa shape index (κ3) is 3.51. The number of nitrogens with zero attached hydrogens (tertiary/aromatic N) is 2. The molecule has 0 spiro atoms. The number of aryl methyl sites for hydroxylation is 2. The van der Waals surface area contributed by atoms with Crippen LogP contribution < -0.4 is 5.43 Å². The van der Waals surface area contributed by atoms with Crippen LogP contribution in [0.2, 0.25) is 0 Å². The van der Waals surface area contributed by atoms with Crippen LogP contribution in [0.25, 0.3) is 10.9 Å². The van der Waals surface area contributed by atoms with E-state index in [1.54, 1.807) is 6.07 Å². The summed E-state index contributed by atoms with van der Waals surface area (Å²) >= 11 is 0. The molecule has 0 atom stereocenters. The summed E-state index contributed by atoms with van der Waals surface area (Å²) in [5.41, 5.74) is 4.87. The van der Waals surface area contributed by atoms with E-state index >= 15 is 0 Å². The monoisotopic (exact) mass is 321 g/mol. The number of carbonyl (C=O) groups is 1. The van der Waals surface area contributed by atoms with Crippen LogP contribution in [-0.2, 0) is 6.42 Å². The number of hydrogen-bond acceptors (Lipinski definition) is 4. The molecule has 5 heteroatoms. The molecule has 2 aromatic heterocycles. The maximum Gasteiger partial charge on any atom is 0.272 e. The van der Waals surface area contributed by atoms with Crippen molar-refractivity contribution in [2.75, 3.05) is 0 Å². The number of rotatable bonds is 5. The van der Waals surface area contributed by atoms with Gasteiger partial charge >= 0.3 is 0 Å². The van der Waals surface area contributed by atoms with Crippen LogP contribution in [0.1, 0.15) is 40.9 Å². The topological polar surface area (TPSA) is 67.5 Å². The highest BCUT2D eigenvalue weighted by Crippen LogP contribution is 2.19. The quantitative estimate of drug-likeness (QED) is 0.573. The van der Waals surface area contributed by atoms with Gasteiger partial charge in [-0.15, -0.1) is 0 Å². The maximum atomic E-state index is 12.5. The van der Waals surface area contributed by atoms with Crippen molar-refractivity contribution in [2.24, 2.45) is 5.10 Å². The molecule has 1 N–H and O–H groups in total. The minimum absolute atomic E-state index is 0.259. The van der Waals surface area contributed by atoms with Gasteiger partial charge in [0.15, 0.2) is 0 Å². The smallest absolute Gasteiger partial charge is 0.272 e. The normalized spacial score (nSPS) is 11.2. The van der Waals surface area contributed by atoms with E-state index in [1.165, 1.54) is 6.21 Å². The molecule has 1 amide bonds. The van der Waals surface area contributed by atoms with E-state index in [4.69, 9.17) is 4.42 Å². The Hall–Kier alpha value is -2.95. The van der Waals surface area contributed by atoms with Crippen molar-refractivity contribution in [1.82, 2.24) is 10.4 Å². The first-order valence-electron chi connectivity index (χ1n) is 7.96. The third-order valence-corrected chi connectivity index (χ3v) is 3.64. The summed E-state index contributed by atoms with van der Waals surface area (Å²) in [6.07, 6.45) is 3.30. The molecule has 0 saturated heterocycles. The number of pyridine rings is 1. The fraction of sp³-hybridized carbons (Fsp3) is 0.211. The second kappa shape index (κ2) is 7.08. The van der Waals surface area contributed by atoms with Crippen LogP contribution in [0, 0.1) is 6.92 Å². The van der Waals surface area contributed by atoms with Crippen LogP contribution in [0.4, 0.5) is 0 Å². The number of hydrogen-bond donors (Lipinski definition) is 1. The largest absolute Gasteiger partial charge is 0.460 e. The van der Waals surface area contributed by atoms with E-state index < -0.39 is 0 Å². The second-order valence-electron chi connectivity index (χ2n) is 5.58. The lowest BCUT2D eigenvalue weighted by Crippen LogP contribution is -2.18. The number of aromatic nitrogens is 1. The van der Waals surface area contributed by atoms with Crippen molar-refractivity contribution in [1.29, 1.82) is 0 Å². The number of para-hydroxylation sites is 1. The van der Waals surface area contributed by atoms with Crippen LogP contribution in [0.15, 0.2) is 52.0 Å². The van der Waals surface area contributed by atoms with Crippen LogP contribution in [0.3, 0.4) is 0 Å². The Morgan fingerprint density at radius 2 is 2.12 bits per heavy atom. The molecular weight excluding hydrogens is 302 g/mol. The zero-order valence-electron chi connectivity index (χ0n) is 13.7. The zero-order valence-corrected chi connectivity index (χ0v) is 13.7. The van der Waals surface area contributed by atoms with Gasteiger partial charge in [0, 0.05) is 11.1 Å². The van der Waals surface area contributed by atoms with E-state index in [0.29, 0.717) is 11.3 Å². The molecular formula is C19H19N3O2. The Balaban J connectivity index is 1.86.